The Bertz CT molecular complexity index is 374. The molecular weight excluding hydrogens is 216 g/mol. The van der Waals surface area contributed by atoms with Gasteiger partial charge in [-0.15, -0.1) is 0 Å². The number of aromatic nitrogens is 1. The van der Waals surface area contributed by atoms with Gasteiger partial charge >= 0.3 is 5.97 Å². The monoisotopic (exact) mass is 234 g/mol. The molecular formula is C13H18N2O2. The predicted molar refractivity (Wildman–Crippen MR) is 64.7 cm³/mol. The molecule has 0 aliphatic heterocycles. The minimum atomic E-state index is -0.655. The van der Waals surface area contributed by atoms with E-state index in [2.05, 4.69) is 10.3 Å². The van der Waals surface area contributed by atoms with Crippen LogP contribution in [0.2, 0.25) is 0 Å². The van der Waals surface area contributed by atoms with E-state index in [-0.39, 0.29) is 0 Å². The van der Waals surface area contributed by atoms with E-state index in [0.717, 1.165) is 32.2 Å². The number of hydrogen-bond acceptors (Lipinski definition) is 3. The average Bonchev–Trinajstić information content (AvgIpc) is 2.27. The molecule has 92 valence electrons. The first-order chi connectivity index (χ1) is 8.23. The summed E-state index contributed by atoms with van der Waals surface area (Å²) in [4.78, 5) is 15.2. The molecule has 1 aromatic heterocycles. The van der Waals surface area contributed by atoms with Crippen molar-refractivity contribution < 1.29 is 9.90 Å². The van der Waals surface area contributed by atoms with E-state index < -0.39 is 11.4 Å². The fourth-order valence-corrected chi connectivity index (χ4v) is 2.18. The third-order valence-corrected chi connectivity index (χ3v) is 3.54. The number of rotatable bonds is 6. The van der Waals surface area contributed by atoms with Crippen molar-refractivity contribution in [2.24, 2.45) is 5.41 Å². The molecule has 0 aromatic carbocycles. The molecule has 0 saturated heterocycles. The van der Waals surface area contributed by atoms with Crippen LogP contribution >= 0.6 is 0 Å². The van der Waals surface area contributed by atoms with Crippen molar-refractivity contribution in [2.45, 2.75) is 25.7 Å². The van der Waals surface area contributed by atoms with Gasteiger partial charge < -0.3 is 10.4 Å². The van der Waals surface area contributed by atoms with Crippen LogP contribution in [0.5, 0.6) is 0 Å². The van der Waals surface area contributed by atoms with E-state index in [0.29, 0.717) is 6.54 Å². The molecule has 1 saturated carbocycles. The fourth-order valence-electron chi connectivity index (χ4n) is 2.18. The normalized spacial score (nSPS) is 17.4. The predicted octanol–water partition coefficient (Wildman–Crippen LogP) is 1.47. The summed E-state index contributed by atoms with van der Waals surface area (Å²) in [6.45, 7) is 1.39. The SMILES string of the molecule is O=C(O)C1(CNCCc2cccnc2)CCC1. The number of pyridine rings is 1. The zero-order valence-corrected chi connectivity index (χ0v) is 9.85. The van der Waals surface area contributed by atoms with E-state index in [4.69, 9.17) is 5.11 Å². The highest BCUT2D eigenvalue weighted by Gasteiger charge is 2.43. The van der Waals surface area contributed by atoms with E-state index in [9.17, 15) is 4.79 Å². The zero-order valence-electron chi connectivity index (χ0n) is 9.85. The average molecular weight is 234 g/mol. The van der Waals surface area contributed by atoms with Crippen molar-refractivity contribution in [3.63, 3.8) is 0 Å². The fraction of sp³-hybridized carbons (Fsp3) is 0.538. The van der Waals surface area contributed by atoms with Gasteiger partial charge in [-0.1, -0.05) is 12.5 Å². The number of nitrogens with zero attached hydrogens (tertiary/aromatic N) is 1. The van der Waals surface area contributed by atoms with Crippen molar-refractivity contribution in [3.8, 4) is 0 Å². The standard InChI is InChI=1S/C13H18N2O2/c16-12(17)13(5-2-6-13)10-15-8-4-11-3-1-7-14-9-11/h1,3,7,9,15H,2,4-6,8,10H2,(H,16,17). The van der Waals surface area contributed by atoms with Crippen LogP contribution in [0.1, 0.15) is 24.8 Å². The quantitative estimate of drug-likeness (QED) is 0.732. The van der Waals surface area contributed by atoms with Crippen molar-refractivity contribution in [2.75, 3.05) is 13.1 Å². The van der Waals surface area contributed by atoms with Crippen LogP contribution in [-0.4, -0.2) is 29.1 Å². The van der Waals surface area contributed by atoms with E-state index in [1.165, 1.54) is 5.56 Å². The van der Waals surface area contributed by atoms with Crippen molar-refractivity contribution in [3.05, 3.63) is 30.1 Å². The lowest BCUT2D eigenvalue weighted by atomic mass is 9.69. The Hall–Kier alpha value is -1.42. The lowest BCUT2D eigenvalue weighted by Gasteiger charge is -2.37. The minimum Gasteiger partial charge on any atom is -0.481 e. The minimum absolute atomic E-state index is 0.491. The Labute approximate surface area is 101 Å². The maximum atomic E-state index is 11.1. The molecule has 1 heterocycles. The van der Waals surface area contributed by atoms with Crippen LogP contribution in [0.15, 0.2) is 24.5 Å². The second-order valence-corrected chi connectivity index (χ2v) is 4.73. The summed E-state index contributed by atoms with van der Waals surface area (Å²) in [5, 5.41) is 12.4. The summed E-state index contributed by atoms with van der Waals surface area (Å²) in [6.07, 6.45) is 7.15. The van der Waals surface area contributed by atoms with Crippen molar-refractivity contribution in [1.82, 2.24) is 10.3 Å². The van der Waals surface area contributed by atoms with Gasteiger partial charge in [0.25, 0.3) is 0 Å². The van der Waals surface area contributed by atoms with Crippen molar-refractivity contribution >= 4 is 5.97 Å². The summed E-state index contributed by atoms with van der Waals surface area (Å²) >= 11 is 0. The Kier molecular flexibility index (Phi) is 3.74. The molecule has 0 bridgehead atoms. The Morgan fingerprint density at radius 1 is 1.53 bits per heavy atom. The van der Waals surface area contributed by atoms with E-state index in [1.807, 2.05) is 18.3 Å². The van der Waals surface area contributed by atoms with Crippen LogP contribution in [0.3, 0.4) is 0 Å². The largest absolute Gasteiger partial charge is 0.481 e. The van der Waals surface area contributed by atoms with Crippen LogP contribution in [0, 0.1) is 5.41 Å². The van der Waals surface area contributed by atoms with Gasteiger partial charge in [-0.2, -0.15) is 0 Å². The molecule has 17 heavy (non-hydrogen) atoms. The highest BCUT2D eigenvalue weighted by molar-refractivity contribution is 5.76. The van der Waals surface area contributed by atoms with Gasteiger partial charge in [-0.05, 0) is 37.4 Å². The number of carbonyl (C=O) groups is 1. The molecule has 2 rings (SSSR count). The Morgan fingerprint density at radius 3 is 2.88 bits per heavy atom. The Morgan fingerprint density at radius 2 is 2.35 bits per heavy atom. The summed E-state index contributed by atoms with van der Waals surface area (Å²) in [5.41, 5.74) is 0.688. The smallest absolute Gasteiger partial charge is 0.310 e. The van der Waals surface area contributed by atoms with Crippen molar-refractivity contribution in [1.29, 1.82) is 0 Å². The van der Waals surface area contributed by atoms with E-state index in [1.54, 1.807) is 6.20 Å². The first kappa shape index (κ1) is 12.0. The van der Waals surface area contributed by atoms with Gasteiger partial charge in [0.15, 0.2) is 0 Å². The summed E-state index contributed by atoms with van der Waals surface area (Å²) in [7, 11) is 0. The lowest BCUT2D eigenvalue weighted by Crippen LogP contribution is -2.46. The van der Waals surface area contributed by atoms with Gasteiger partial charge in [-0.25, -0.2) is 0 Å². The Balaban J connectivity index is 1.71. The topological polar surface area (TPSA) is 62.2 Å². The molecule has 2 N–H and O–H groups in total. The van der Waals surface area contributed by atoms with Gasteiger partial charge in [0.2, 0.25) is 0 Å². The molecule has 1 fully saturated rings. The number of nitrogens with one attached hydrogen (secondary N) is 1. The lowest BCUT2D eigenvalue weighted by molar-refractivity contribution is -0.154. The molecule has 0 amide bonds. The highest BCUT2D eigenvalue weighted by Crippen LogP contribution is 2.40. The molecule has 1 aliphatic carbocycles. The maximum absolute atomic E-state index is 11.1. The molecule has 0 radical (unpaired) electrons. The number of aliphatic carboxylic acids is 1. The van der Waals surface area contributed by atoms with Gasteiger partial charge in [0, 0.05) is 18.9 Å². The molecule has 1 aliphatic rings. The molecule has 0 unspecified atom stereocenters. The second-order valence-electron chi connectivity index (χ2n) is 4.73. The maximum Gasteiger partial charge on any atom is 0.310 e. The molecule has 0 atom stereocenters. The zero-order chi connectivity index (χ0) is 12.1. The van der Waals surface area contributed by atoms with Gasteiger partial charge in [0.05, 0.1) is 5.41 Å². The van der Waals surface area contributed by atoms with Gasteiger partial charge in [-0.3, -0.25) is 9.78 Å². The second kappa shape index (κ2) is 5.27. The van der Waals surface area contributed by atoms with Gasteiger partial charge in [0.1, 0.15) is 0 Å². The molecule has 0 spiro atoms. The third kappa shape index (κ3) is 2.82. The van der Waals surface area contributed by atoms with Crippen LogP contribution in [-0.2, 0) is 11.2 Å². The number of carboxylic acids is 1. The summed E-state index contributed by atoms with van der Waals surface area (Å²) < 4.78 is 0. The first-order valence-electron chi connectivity index (χ1n) is 6.06. The van der Waals surface area contributed by atoms with Crippen LogP contribution in [0.25, 0.3) is 0 Å². The van der Waals surface area contributed by atoms with Crippen LogP contribution in [0.4, 0.5) is 0 Å². The molecule has 1 aromatic rings. The molecule has 4 heteroatoms. The molecule has 4 nitrogen and oxygen atoms in total. The summed E-state index contributed by atoms with van der Waals surface area (Å²) in [6, 6.07) is 3.95. The third-order valence-electron chi connectivity index (χ3n) is 3.54. The number of carboxylic acid groups (broad SMARTS) is 1. The number of hydrogen-bond donors (Lipinski definition) is 2. The van der Waals surface area contributed by atoms with E-state index >= 15 is 0 Å². The first-order valence-corrected chi connectivity index (χ1v) is 6.06. The van der Waals surface area contributed by atoms with Crippen LogP contribution < -0.4 is 5.32 Å². The highest BCUT2D eigenvalue weighted by atomic mass is 16.4. The summed E-state index contributed by atoms with van der Waals surface area (Å²) in [5.74, 6) is -0.655.